The Labute approximate surface area is 101 Å². The highest BCUT2D eigenvalue weighted by atomic mass is 32.1. The third-order valence-electron chi connectivity index (χ3n) is 2.27. The zero-order valence-corrected chi connectivity index (χ0v) is 9.84. The van der Waals surface area contributed by atoms with Crippen molar-refractivity contribution < 1.29 is 9.18 Å². The van der Waals surface area contributed by atoms with E-state index in [0.717, 1.165) is 0 Å². The van der Waals surface area contributed by atoms with Crippen molar-refractivity contribution in [2.75, 3.05) is 11.1 Å². The number of hydrogen-bond acceptors (Lipinski definition) is 4. The molecule has 1 heterocycles. The molecule has 0 aliphatic rings. The van der Waals surface area contributed by atoms with Gasteiger partial charge in [-0.25, -0.2) is 9.37 Å². The Bertz CT molecular complexity index is 568. The summed E-state index contributed by atoms with van der Waals surface area (Å²) in [5, 5.41) is 4.47. The number of nitrogens with two attached hydrogens (primary N) is 1. The maximum absolute atomic E-state index is 13.3. The molecular weight excluding hydrogens is 241 g/mol. The van der Waals surface area contributed by atoms with Gasteiger partial charge in [0.1, 0.15) is 11.5 Å². The van der Waals surface area contributed by atoms with E-state index in [1.54, 1.807) is 18.4 Å². The van der Waals surface area contributed by atoms with Crippen molar-refractivity contribution in [1.29, 1.82) is 0 Å². The molecular formula is C11H10FN3OS. The van der Waals surface area contributed by atoms with E-state index >= 15 is 0 Å². The van der Waals surface area contributed by atoms with Crippen molar-refractivity contribution >= 4 is 28.1 Å². The van der Waals surface area contributed by atoms with E-state index in [-0.39, 0.29) is 11.5 Å². The maximum atomic E-state index is 13.3. The van der Waals surface area contributed by atoms with Gasteiger partial charge in [0.25, 0.3) is 5.91 Å². The quantitative estimate of drug-likeness (QED) is 0.861. The van der Waals surface area contributed by atoms with Gasteiger partial charge in [-0.3, -0.25) is 4.79 Å². The summed E-state index contributed by atoms with van der Waals surface area (Å²) in [6, 6.07) is 4.51. The molecule has 0 bridgehead atoms. The zero-order valence-electron chi connectivity index (χ0n) is 9.03. The number of amides is 1. The lowest BCUT2D eigenvalue weighted by Crippen LogP contribution is -2.13. The summed E-state index contributed by atoms with van der Waals surface area (Å²) in [4.78, 5) is 15.6. The molecule has 1 aromatic carbocycles. The molecule has 0 aliphatic carbocycles. The molecule has 1 amide bonds. The third kappa shape index (κ3) is 2.42. The molecule has 0 saturated carbocycles. The molecule has 0 fully saturated rings. The Kier molecular flexibility index (Phi) is 3.06. The van der Waals surface area contributed by atoms with Crippen molar-refractivity contribution in [1.82, 2.24) is 4.98 Å². The molecule has 17 heavy (non-hydrogen) atoms. The van der Waals surface area contributed by atoms with Crippen LogP contribution in [0.3, 0.4) is 0 Å². The molecule has 0 aliphatic heterocycles. The summed E-state index contributed by atoms with van der Waals surface area (Å²) >= 11 is 1.18. The lowest BCUT2D eigenvalue weighted by molar-refractivity contribution is 0.102. The fraction of sp³-hybridized carbons (Fsp3) is 0.0909. The van der Waals surface area contributed by atoms with Crippen LogP contribution in [0.4, 0.5) is 15.2 Å². The second-order valence-corrected chi connectivity index (χ2v) is 4.33. The fourth-order valence-electron chi connectivity index (χ4n) is 1.32. The van der Waals surface area contributed by atoms with E-state index in [9.17, 15) is 9.18 Å². The van der Waals surface area contributed by atoms with Gasteiger partial charge in [-0.2, -0.15) is 0 Å². The largest absolute Gasteiger partial charge is 0.375 e. The lowest BCUT2D eigenvalue weighted by atomic mass is 10.2. The molecule has 0 saturated heterocycles. The predicted molar refractivity (Wildman–Crippen MR) is 65.6 cm³/mol. The van der Waals surface area contributed by atoms with E-state index in [1.165, 1.54) is 23.5 Å². The van der Waals surface area contributed by atoms with Gasteiger partial charge in [-0.15, -0.1) is 11.3 Å². The summed E-state index contributed by atoms with van der Waals surface area (Å²) in [5.41, 5.74) is 6.49. The van der Waals surface area contributed by atoms with Crippen LogP contribution >= 0.6 is 11.3 Å². The average Bonchev–Trinajstić information content (AvgIpc) is 2.72. The number of hydrogen-bond donors (Lipinski definition) is 2. The van der Waals surface area contributed by atoms with Gasteiger partial charge in [-0.1, -0.05) is 6.07 Å². The van der Waals surface area contributed by atoms with Crippen LogP contribution < -0.4 is 11.1 Å². The van der Waals surface area contributed by atoms with Gasteiger partial charge >= 0.3 is 0 Å². The third-order valence-corrected chi connectivity index (χ3v) is 2.94. The molecule has 88 valence electrons. The minimum atomic E-state index is -0.397. The Morgan fingerprint density at radius 3 is 2.94 bits per heavy atom. The second kappa shape index (κ2) is 4.50. The molecule has 0 radical (unpaired) electrons. The van der Waals surface area contributed by atoms with Gasteiger partial charge < -0.3 is 11.1 Å². The number of rotatable bonds is 2. The fourth-order valence-corrected chi connectivity index (χ4v) is 1.86. The van der Waals surface area contributed by atoms with Crippen molar-refractivity contribution in [3.63, 3.8) is 0 Å². The first-order valence-electron chi connectivity index (χ1n) is 4.85. The first-order chi connectivity index (χ1) is 8.08. The van der Waals surface area contributed by atoms with Gasteiger partial charge in [-0.05, 0) is 19.1 Å². The average molecular weight is 251 g/mol. The van der Waals surface area contributed by atoms with Crippen LogP contribution in [0, 0.1) is 12.7 Å². The van der Waals surface area contributed by atoms with Crippen LogP contribution in [0.1, 0.15) is 16.1 Å². The smallest absolute Gasteiger partial charge is 0.275 e. The van der Waals surface area contributed by atoms with Crippen LogP contribution in [-0.2, 0) is 0 Å². The SMILES string of the molecule is Cc1c(F)cccc1NC(=O)c1csc(N)n1. The number of nitrogens with one attached hydrogen (secondary N) is 1. The number of thiazole rings is 1. The van der Waals surface area contributed by atoms with Crippen LogP contribution in [0.25, 0.3) is 0 Å². The van der Waals surface area contributed by atoms with Gasteiger partial charge in [0.15, 0.2) is 5.13 Å². The number of anilines is 2. The summed E-state index contributed by atoms with van der Waals surface area (Å²) in [6.07, 6.45) is 0. The van der Waals surface area contributed by atoms with Gasteiger partial charge in [0, 0.05) is 16.6 Å². The standard InChI is InChI=1S/C11H10FN3OS/c1-6-7(12)3-2-4-8(6)14-10(16)9-5-17-11(13)15-9/h2-5H,1H3,(H2,13,15)(H,14,16). The molecule has 3 N–H and O–H groups in total. The first-order valence-corrected chi connectivity index (χ1v) is 5.73. The summed E-state index contributed by atoms with van der Waals surface area (Å²) in [5.74, 6) is -0.757. The van der Waals surface area contributed by atoms with Crippen molar-refractivity contribution in [2.24, 2.45) is 0 Å². The van der Waals surface area contributed by atoms with E-state index in [2.05, 4.69) is 10.3 Å². The highest BCUT2D eigenvalue weighted by Crippen LogP contribution is 2.19. The highest BCUT2D eigenvalue weighted by Gasteiger charge is 2.12. The van der Waals surface area contributed by atoms with Gasteiger partial charge in [0.2, 0.25) is 0 Å². The van der Waals surface area contributed by atoms with Crippen molar-refractivity contribution in [3.05, 3.63) is 40.7 Å². The van der Waals surface area contributed by atoms with Crippen molar-refractivity contribution in [2.45, 2.75) is 6.92 Å². The van der Waals surface area contributed by atoms with E-state index < -0.39 is 5.91 Å². The first kappa shape index (κ1) is 11.5. The molecule has 2 aromatic rings. The minimum absolute atomic E-state index is 0.233. The summed E-state index contributed by atoms with van der Waals surface area (Å²) < 4.78 is 13.3. The second-order valence-electron chi connectivity index (χ2n) is 3.44. The van der Waals surface area contributed by atoms with Crippen LogP contribution in [-0.4, -0.2) is 10.9 Å². The zero-order chi connectivity index (χ0) is 12.4. The molecule has 1 aromatic heterocycles. The summed E-state index contributed by atoms with van der Waals surface area (Å²) in [6.45, 7) is 1.60. The molecule has 0 unspecified atom stereocenters. The van der Waals surface area contributed by atoms with Gasteiger partial charge in [0.05, 0.1) is 0 Å². The van der Waals surface area contributed by atoms with Crippen molar-refractivity contribution in [3.8, 4) is 0 Å². The minimum Gasteiger partial charge on any atom is -0.375 e. The Balaban J connectivity index is 2.21. The molecule has 0 atom stereocenters. The normalized spacial score (nSPS) is 10.2. The van der Waals surface area contributed by atoms with E-state index in [1.807, 2.05) is 0 Å². The van der Waals surface area contributed by atoms with E-state index in [0.29, 0.717) is 16.4 Å². The molecule has 4 nitrogen and oxygen atoms in total. The Morgan fingerprint density at radius 1 is 1.53 bits per heavy atom. The predicted octanol–water partition coefficient (Wildman–Crippen LogP) is 2.43. The number of aromatic nitrogens is 1. The van der Waals surface area contributed by atoms with E-state index in [4.69, 9.17) is 5.73 Å². The Morgan fingerprint density at radius 2 is 2.29 bits per heavy atom. The maximum Gasteiger partial charge on any atom is 0.275 e. The lowest BCUT2D eigenvalue weighted by Gasteiger charge is -2.07. The van der Waals surface area contributed by atoms with Crippen LogP contribution in [0.5, 0.6) is 0 Å². The molecule has 6 heteroatoms. The highest BCUT2D eigenvalue weighted by molar-refractivity contribution is 7.13. The molecule has 0 spiro atoms. The number of nitrogen functional groups attached to an aromatic ring is 1. The van der Waals surface area contributed by atoms with Crippen LogP contribution in [0.2, 0.25) is 0 Å². The molecule has 2 rings (SSSR count). The summed E-state index contributed by atoms with van der Waals surface area (Å²) in [7, 11) is 0. The number of halogens is 1. The number of carbonyl (C=O) groups excluding carboxylic acids is 1. The monoisotopic (exact) mass is 251 g/mol. The number of nitrogens with zero attached hydrogens (tertiary/aromatic N) is 1. The number of benzene rings is 1. The van der Waals surface area contributed by atoms with Crippen LogP contribution in [0.15, 0.2) is 23.6 Å². The number of carbonyl (C=O) groups is 1. The topological polar surface area (TPSA) is 68.0 Å². The Hall–Kier alpha value is -1.95.